The van der Waals surface area contributed by atoms with E-state index in [2.05, 4.69) is 22.1 Å². The number of halogens is 9. The Morgan fingerprint density at radius 1 is 0.368 bits per heavy atom. The molecule has 0 heterocycles. The van der Waals surface area contributed by atoms with E-state index in [-0.39, 0.29) is 26.4 Å². The first kappa shape index (κ1) is 37.5. The summed E-state index contributed by atoms with van der Waals surface area (Å²) in [5.41, 5.74) is -6.29. The lowest BCUT2D eigenvalue weighted by atomic mass is 10.0. The van der Waals surface area contributed by atoms with Gasteiger partial charge in [-0.15, -0.1) is 0 Å². The van der Waals surface area contributed by atoms with Crippen LogP contribution in [0.15, 0.2) is 0 Å². The maximum absolute atomic E-state index is 12.7. The zero-order valence-electron chi connectivity index (χ0n) is 21.3. The van der Waals surface area contributed by atoms with Crippen LogP contribution < -0.4 is 0 Å². The Morgan fingerprint density at radius 3 is 1.00 bits per heavy atom. The summed E-state index contributed by atoms with van der Waals surface area (Å²) < 4.78 is 138. The number of thiol groups is 1. The highest BCUT2D eigenvalue weighted by Gasteiger charge is 2.85. The minimum Gasteiger partial charge on any atom is -0.379 e. The summed E-state index contributed by atoms with van der Waals surface area (Å²) in [6.07, 6.45) is -9.52. The molecule has 0 N–H and O–H groups in total. The van der Waals surface area contributed by atoms with Crippen LogP contribution in [0.3, 0.4) is 0 Å². The first-order chi connectivity index (χ1) is 17.8. The fraction of sp³-hybridized carbons (Fsp3) is 1.00. The van der Waals surface area contributed by atoms with Crippen molar-refractivity contribution in [2.75, 3.05) is 65.2 Å². The molecule has 0 aromatic carbocycles. The Kier molecular flexibility index (Phi) is 20.1. The molecule has 0 saturated heterocycles. The Morgan fingerprint density at radius 2 is 0.658 bits per heavy atom. The molecule has 0 bridgehead atoms. The number of unbranched alkanes of at least 4 members (excludes halogenated alkanes) is 8. The van der Waals surface area contributed by atoms with Crippen LogP contribution in [0.2, 0.25) is 0 Å². The summed E-state index contributed by atoms with van der Waals surface area (Å²) in [5.74, 6) is 0.954. The standard InChI is InChI=1S/C23H39F9O5S/c24-21(25,26)20(22(27,28)29,23(30,31)32)37-18-17-36-16-15-35-14-13-34-12-11-33-10-8-6-4-2-1-3-5-7-9-19-38/h38H,1-19H2. The summed E-state index contributed by atoms with van der Waals surface area (Å²) in [6.45, 7) is -1.13. The van der Waals surface area contributed by atoms with E-state index in [1.807, 2.05) is 0 Å². The van der Waals surface area contributed by atoms with Gasteiger partial charge in [-0.25, -0.2) is 0 Å². The third-order valence-electron chi connectivity index (χ3n) is 5.31. The van der Waals surface area contributed by atoms with Gasteiger partial charge >= 0.3 is 24.1 Å². The van der Waals surface area contributed by atoms with Gasteiger partial charge in [-0.3, -0.25) is 0 Å². The van der Waals surface area contributed by atoms with E-state index in [0.29, 0.717) is 19.8 Å². The second kappa shape index (κ2) is 20.4. The van der Waals surface area contributed by atoms with Crippen molar-refractivity contribution in [1.29, 1.82) is 0 Å². The highest BCUT2D eigenvalue weighted by molar-refractivity contribution is 7.80. The van der Waals surface area contributed by atoms with Crippen molar-refractivity contribution in [2.45, 2.75) is 81.9 Å². The molecule has 0 saturated carbocycles. The molecule has 0 aromatic rings. The monoisotopic (exact) mass is 598 g/mol. The molecule has 38 heavy (non-hydrogen) atoms. The quantitative estimate of drug-likeness (QED) is 0.0742. The van der Waals surface area contributed by atoms with Gasteiger partial charge in [0.1, 0.15) is 0 Å². The molecule has 15 heteroatoms. The van der Waals surface area contributed by atoms with Gasteiger partial charge in [0.2, 0.25) is 0 Å². The number of rotatable bonds is 24. The van der Waals surface area contributed by atoms with Crippen molar-refractivity contribution in [1.82, 2.24) is 0 Å². The van der Waals surface area contributed by atoms with Gasteiger partial charge in [0.15, 0.2) is 0 Å². The highest BCUT2D eigenvalue weighted by atomic mass is 32.1. The van der Waals surface area contributed by atoms with Crippen LogP contribution in [-0.4, -0.2) is 89.3 Å². The highest BCUT2D eigenvalue weighted by Crippen LogP contribution is 2.54. The van der Waals surface area contributed by atoms with Gasteiger partial charge in [-0.2, -0.15) is 52.1 Å². The molecule has 230 valence electrons. The van der Waals surface area contributed by atoms with Crippen LogP contribution in [0, 0.1) is 0 Å². The van der Waals surface area contributed by atoms with Gasteiger partial charge in [0.05, 0.1) is 52.9 Å². The van der Waals surface area contributed by atoms with Crippen LogP contribution in [0.1, 0.15) is 57.8 Å². The minimum absolute atomic E-state index is 0.0987. The summed E-state index contributed by atoms with van der Waals surface area (Å²) in [5, 5.41) is 0. The zero-order chi connectivity index (χ0) is 29.0. The fourth-order valence-corrected chi connectivity index (χ4v) is 3.52. The van der Waals surface area contributed by atoms with Crippen LogP contribution >= 0.6 is 12.6 Å². The SMILES string of the molecule is FC(F)(F)C(OCCOCCOCCOCCOCCCCCCCCCCCS)(C(F)(F)F)C(F)(F)F. The maximum Gasteiger partial charge on any atom is 0.435 e. The first-order valence-electron chi connectivity index (χ1n) is 12.6. The largest absolute Gasteiger partial charge is 0.435 e. The minimum atomic E-state index is -6.76. The van der Waals surface area contributed by atoms with E-state index in [4.69, 9.17) is 14.2 Å². The molecule has 0 aliphatic carbocycles. The van der Waals surface area contributed by atoms with E-state index in [1.54, 1.807) is 0 Å². The summed E-state index contributed by atoms with van der Waals surface area (Å²) in [6, 6.07) is 0. The lowest BCUT2D eigenvalue weighted by Crippen LogP contribution is -2.68. The molecule has 0 aliphatic heterocycles. The zero-order valence-corrected chi connectivity index (χ0v) is 22.2. The smallest absolute Gasteiger partial charge is 0.379 e. The fourth-order valence-electron chi connectivity index (χ4n) is 3.30. The lowest BCUT2D eigenvalue weighted by molar-refractivity contribution is -0.457. The molecule has 0 unspecified atom stereocenters. The predicted octanol–water partition coefficient (Wildman–Crippen LogP) is 6.94. The number of alkyl halides is 9. The maximum atomic E-state index is 12.7. The Bertz CT molecular complexity index is 525. The van der Waals surface area contributed by atoms with E-state index < -0.39 is 37.3 Å². The number of hydrogen-bond acceptors (Lipinski definition) is 6. The van der Waals surface area contributed by atoms with Crippen molar-refractivity contribution in [2.24, 2.45) is 0 Å². The van der Waals surface area contributed by atoms with Crippen molar-refractivity contribution < 1.29 is 63.2 Å². The van der Waals surface area contributed by atoms with Crippen LogP contribution in [0.25, 0.3) is 0 Å². The van der Waals surface area contributed by atoms with Crippen LogP contribution in [-0.2, 0) is 23.7 Å². The molecule has 0 fully saturated rings. The van der Waals surface area contributed by atoms with Crippen molar-refractivity contribution in [3.8, 4) is 0 Å². The molecule has 0 rings (SSSR count). The topological polar surface area (TPSA) is 46.2 Å². The molecule has 0 aromatic heterocycles. The van der Waals surface area contributed by atoms with Gasteiger partial charge in [-0.1, -0.05) is 44.9 Å². The number of ether oxygens (including phenoxy) is 5. The van der Waals surface area contributed by atoms with E-state index in [9.17, 15) is 39.5 Å². The molecule has 0 radical (unpaired) electrons. The second-order valence-electron chi connectivity index (χ2n) is 8.38. The predicted molar refractivity (Wildman–Crippen MR) is 126 cm³/mol. The summed E-state index contributed by atoms with van der Waals surface area (Å²) in [4.78, 5) is 0. The molecular weight excluding hydrogens is 559 g/mol. The van der Waals surface area contributed by atoms with Crippen LogP contribution in [0.4, 0.5) is 39.5 Å². The lowest BCUT2D eigenvalue weighted by Gasteiger charge is -2.37. The average molecular weight is 599 g/mol. The summed E-state index contributed by atoms with van der Waals surface area (Å²) in [7, 11) is 0. The number of hydrogen-bond donors (Lipinski definition) is 1. The van der Waals surface area contributed by atoms with Crippen molar-refractivity contribution >= 4 is 12.6 Å². The third-order valence-corrected chi connectivity index (χ3v) is 5.62. The normalized spacial score (nSPS) is 13.4. The van der Waals surface area contributed by atoms with Crippen LogP contribution in [0.5, 0.6) is 0 Å². The average Bonchev–Trinajstić information content (AvgIpc) is 2.79. The van der Waals surface area contributed by atoms with Gasteiger partial charge in [0, 0.05) is 6.61 Å². The Hall–Kier alpha value is -0.480. The van der Waals surface area contributed by atoms with Crippen molar-refractivity contribution in [3.05, 3.63) is 0 Å². The van der Waals surface area contributed by atoms with Gasteiger partial charge in [0.25, 0.3) is 0 Å². The molecule has 0 atom stereocenters. The van der Waals surface area contributed by atoms with E-state index >= 15 is 0 Å². The molecule has 0 spiro atoms. The Labute approximate surface area is 223 Å². The van der Waals surface area contributed by atoms with Crippen molar-refractivity contribution in [3.63, 3.8) is 0 Å². The van der Waals surface area contributed by atoms with Gasteiger partial charge < -0.3 is 23.7 Å². The van der Waals surface area contributed by atoms with E-state index in [1.165, 1.54) is 44.9 Å². The van der Waals surface area contributed by atoms with Gasteiger partial charge in [-0.05, 0) is 18.6 Å². The molecule has 0 amide bonds. The molecular formula is C23H39F9O5S. The first-order valence-corrected chi connectivity index (χ1v) is 13.2. The van der Waals surface area contributed by atoms with E-state index in [0.717, 1.165) is 18.6 Å². The molecule has 5 nitrogen and oxygen atoms in total. The molecule has 0 aliphatic rings. The third kappa shape index (κ3) is 15.3. The summed E-state index contributed by atoms with van der Waals surface area (Å²) >= 11 is 4.19. The second-order valence-corrected chi connectivity index (χ2v) is 8.83. The Balaban J connectivity index is 3.64.